The maximum atomic E-state index is 11.6. The smallest absolute Gasteiger partial charge is 0.272 e. The molecule has 0 saturated heterocycles. The van der Waals surface area contributed by atoms with Crippen LogP contribution >= 0.6 is 0 Å². The summed E-state index contributed by atoms with van der Waals surface area (Å²) in [5, 5.41) is 3.12. The van der Waals surface area contributed by atoms with Crippen molar-refractivity contribution in [2.45, 2.75) is 26.3 Å². The van der Waals surface area contributed by atoms with E-state index >= 15 is 0 Å². The molecular formula is C15H17NO3. The highest BCUT2D eigenvalue weighted by atomic mass is 16.5. The maximum absolute atomic E-state index is 11.6. The fourth-order valence-corrected chi connectivity index (χ4v) is 2.06. The van der Waals surface area contributed by atoms with Gasteiger partial charge in [0.05, 0.1) is 12.6 Å². The third-order valence-corrected chi connectivity index (χ3v) is 3.08. The molecular weight excluding hydrogens is 242 g/mol. The van der Waals surface area contributed by atoms with Crippen LogP contribution in [0.25, 0.3) is 0 Å². The van der Waals surface area contributed by atoms with Gasteiger partial charge in [-0.2, -0.15) is 0 Å². The van der Waals surface area contributed by atoms with Crippen LogP contribution in [-0.4, -0.2) is 6.61 Å². The van der Waals surface area contributed by atoms with Crippen molar-refractivity contribution < 1.29 is 4.74 Å². The average Bonchev–Trinajstić information content (AvgIpc) is 2.47. The predicted molar refractivity (Wildman–Crippen MR) is 75.6 cm³/mol. The van der Waals surface area contributed by atoms with E-state index in [1.807, 2.05) is 37.3 Å². The molecule has 0 radical (unpaired) electrons. The van der Waals surface area contributed by atoms with Crippen LogP contribution in [0, 0.1) is 0 Å². The standard InChI is InChI=1S/C15H17NO3/c1-3-11(10-8-6-5-7-9-10)16-12-13(17)14(18)15(12)19-4-2/h5-9,11,16H,3-4H2,1-2H3. The molecule has 0 aromatic heterocycles. The van der Waals surface area contributed by atoms with Crippen molar-refractivity contribution >= 4 is 5.69 Å². The zero-order chi connectivity index (χ0) is 13.8. The Hall–Kier alpha value is -2.10. The highest BCUT2D eigenvalue weighted by Gasteiger charge is 2.24. The molecule has 0 heterocycles. The Morgan fingerprint density at radius 1 is 1.11 bits per heavy atom. The third-order valence-electron chi connectivity index (χ3n) is 3.08. The van der Waals surface area contributed by atoms with Gasteiger partial charge in [0.25, 0.3) is 10.9 Å². The van der Waals surface area contributed by atoms with E-state index in [-0.39, 0.29) is 11.8 Å². The molecule has 2 aromatic rings. The summed E-state index contributed by atoms with van der Waals surface area (Å²) in [7, 11) is 0. The maximum Gasteiger partial charge on any atom is 0.272 e. The second kappa shape index (κ2) is 5.69. The Bertz CT molecular complexity index is 612. The highest BCUT2D eigenvalue weighted by Crippen LogP contribution is 2.25. The lowest BCUT2D eigenvalue weighted by atomic mass is 10.0. The van der Waals surface area contributed by atoms with Gasteiger partial charge >= 0.3 is 0 Å². The molecule has 0 aliphatic carbocycles. The van der Waals surface area contributed by atoms with E-state index in [4.69, 9.17) is 4.74 Å². The first-order chi connectivity index (χ1) is 9.19. The largest absolute Gasteiger partial charge is 0.488 e. The molecule has 4 heteroatoms. The summed E-state index contributed by atoms with van der Waals surface area (Å²) in [6, 6.07) is 9.83. The summed E-state index contributed by atoms with van der Waals surface area (Å²) in [6.07, 6.45) is 0.814. The molecule has 100 valence electrons. The van der Waals surface area contributed by atoms with Gasteiger partial charge in [-0.25, -0.2) is 0 Å². The fourth-order valence-electron chi connectivity index (χ4n) is 2.06. The van der Waals surface area contributed by atoms with Crippen LogP contribution in [0.1, 0.15) is 31.9 Å². The van der Waals surface area contributed by atoms with Gasteiger partial charge in [-0.15, -0.1) is 0 Å². The van der Waals surface area contributed by atoms with Crippen LogP contribution in [0.5, 0.6) is 5.75 Å². The van der Waals surface area contributed by atoms with E-state index in [0.29, 0.717) is 12.3 Å². The average molecular weight is 259 g/mol. The predicted octanol–water partition coefficient (Wildman–Crippen LogP) is 2.24. The minimum Gasteiger partial charge on any atom is -0.488 e. The number of rotatable bonds is 6. The van der Waals surface area contributed by atoms with Gasteiger partial charge in [-0.1, -0.05) is 37.3 Å². The van der Waals surface area contributed by atoms with Crippen LogP contribution in [0.15, 0.2) is 39.9 Å². The highest BCUT2D eigenvalue weighted by molar-refractivity contribution is 5.62. The summed E-state index contributed by atoms with van der Waals surface area (Å²) in [6.45, 7) is 4.19. The van der Waals surface area contributed by atoms with Gasteiger partial charge < -0.3 is 10.1 Å². The summed E-state index contributed by atoms with van der Waals surface area (Å²) < 4.78 is 5.20. The Kier molecular flexibility index (Phi) is 4.00. The van der Waals surface area contributed by atoms with Crippen molar-refractivity contribution in [2.75, 3.05) is 11.9 Å². The molecule has 0 bridgehead atoms. The van der Waals surface area contributed by atoms with Gasteiger partial charge in [0.2, 0.25) is 0 Å². The zero-order valence-electron chi connectivity index (χ0n) is 11.1. The molecule has 0 aliphatic rings. The van der Waals surface area contributed by atoms with E-state index in [9.17, 15) is 9.59 Å². The summed E-state index contributed by atoms with van der Waals surface area (Å²) in [5.74, 6) is 0.168. The lowest BCUT2D eigenvalue weighted by Crippen LogP contribution is -2.36. The second-order valence-corrected chi connectivity index (χ2v) is 4.31. The van der Waals surface area contributed by atoms with Gasteiger partial charge in [0.15, 0.2) is 5.75 Å². The van der Waals surface area contributed by atoms with Gasteiger partial charge in [0, 0.05) is 0 Å². The monoisotopic (exact) mass is 259 g/mol. The van der Waals surface area contributed by atoms with Crippen LogP contribution in [0.2, 0.25) is 0 Å². The number of nitrogens with one attached hydrogen (secondary N) is 1. The minimum atomic E-state index is -0.535. The molecule has 4 nitrogen and oxygen atoms in total. The van der Waals surface area contributed by atoms with Crippen LogP contribution in [-0.2, 0) is 0 Å². The molecule has 1 atom stereocenters. The molecule has 0 aliphatic heterocycles. The Labute approximate surface area is 111 Å². The molecule has 1 unspecified atom stereocenters. The van der Waals surface area contributed by atoms with Crippen LogP contribution in [0.4, 0.5) is 5.69 Å². The second-order valence-electron chi connectivity index (χ2n) is 4.31. The molecule has 2 rings (SSSR count). The third kappa shape index (κ3) is 2.52. The summed E-state index contributed by atoms with van der Waals surface area (Å²) >= 11 is 0. The van der Waals surface area contributed by atoms with Crippen molar-refractivity contribution in [1.82, 2.24) is 0 Å². The molecule has 19 heavy (non-hydrogen) atoms. The van der Waals surface area contributed by atoms with Crippen molar-refractivity contribution in [3.05, 3.63) is 56.3 Å². The van der Waals surface area contributed by atoms with Crippen LogP contribution < -0.4 is 20.9 Å². The summed E-state index contributed by atoms with van der Waals surface area (Å²) in [4.78, 5) is 23.0. The topological polar surface area (TPSA) is 55.4 Å². The first kappa shape index (κ1) is 13.3. The lowest BCUT2D eigenvalue weighted by molar-refractivity contribution is 0.334. The Morgan fingerprint density at radius 2 is 1.79 bits per heavy atom. The van der Waals surface area contributed by atoms with Crippen molar-refractivity contribution in [1.29, 1.82) is 0 Å². The molecule has 0 saturated carbocycles. The normalized spacial score (nSPS) is 12.3. The zero-order valence-corrected chi connectivity index (χ0v) is 11.1. The molecule has 0 fully saturated rings. The van der Waals surface area contributed by atoms with Gasteiger partial charge in [0.1, 0.15) is 5.69 Å². The summed E-state index contributed by atoms with van der Waals surface area (Å²) in [5.41, 5.74) is 0.369. The fraction of sp³-hybridized carbons (Fsp3) is 0.333. The molecule has 1 N–H and O–H groups in total. The SMILES string of the molecule is CCOc1c(NC(CC)c2ccccc2)c(=O)c1=O. The Morgan fingerprint density at radius 3 is 2.37 bits per heavy atom. The number of ether oxygens (including phenoxy) is 1. The first-order valence-electron chi connectivity index (χ1n) is 6.46. The number of benzene rings is 1. The van der Waals surface area contributed by atoms with Crippen LogP contribution in [0.3, 0.4) is 0 Å². The van der Waals surface area contributed by atoms with E-state index in [2.05, 4.69) is 5.32 Å². The number of anilines is 1. The minimum absolute atomic E-state index is 0.00343. The van der Waals surface area contributed by atoms with Crippen molar-refractivity contribution in [3.63, 3.8) is 0 Å². The van der Waals surface area contributed by atoms with E-state index in [0.717, 1.165) is 12.0 Å². The van der Waals surface area contributed by atoms with Crippen molar-refractivity contribution in [3.8, 4) is 5.75 Å². The molecule has 0 amide bonds. The van der Waals surface area contributed by atoms with Gasteiger partial charge in [-0.3, -0.25) is 9.59 Å². The first-order valence-corrected chi connectivity index (χ1v) is 6.46. The van der Waals surface area contributed by atoms with E-state index in [1.165, 1.54) is 0 Å². The molecule has 2 aromatic carbocycles. The molecule has 0 spiro atoms. The van der Waals surface area contributed by atoms with E-state index < -0.39 is 10.9 Å². The Balaban J connectivity index is 2.23. The number of hydrogen-bond acceptors (Lipinski definition) is 4. The van der Waals surface area contributed by atoms with Crippen molar-refractivity contribution in [2.24, 2.45) is 0 Å². The lowest BCUT2D eigenvalue weighted by Gasteiger charge is -2.21. The van der Waals surface area contributed by atoms with Gasteiger partial charge in [-0.05, 0) is 18.9 Å². The van der Waals surface area contributed by atoms with E-state index in [1.54, 1.807) is 6.92 Å². The number of hydrogen-bond donors (Lipinski definition) is 1. The quantitative estimate of drug-likeness (QED) is 0.808.